The van der Waals surface area contributed by atoms with E-state index in [0.29, 0.717) is 16.8 Å². The van der Waals surface area contributed by atoms with Crippen molar-refractivity contribution in [3.8, 4) is 0 Å². The Morgan fingerprint density at radius 1 is 0.839 bits per heavy atom. The zero-order valence-corrected chi connectivity index (χ0v) is 16.7. The third-order valence-corrected chi connectivity index (χ3v) is 7.15. The summed E-state index contributed by atoms with van der Waals surface area (Å²) in [4.78, 5) is 41.1. The molecule has 0 unspecified atom stereocenters. The molecule has 1 saturated heterocycles. The number of rotatable bonds is 2. The summed E-state index contributed by atoms with van der Waals surface area (Å²) in [6.07, 6.45) is 0. The van der Waals surface area contributed by atoms with Gasteiger partial charge in [0.1, 0.15) is 5.92 Å². The number of amides is 2. The fourth-order valence-corrected chi connectivity index (χ4v) is 5.99. The number of anilines is 1. The van der Waals surface area contributed by atoms with Crippen LogP contribution in [0, 0.1) is 28.9 Å². The number of nitro groups is 1. The number of benzene rings is 3. The predicted molar refractivity (Wildman–Crippen MR) is 113 cm³/mol. The molecule has 2 amide bonds. The molecule has 6 heteroatoms. The number of carbonyl (C=O) groups excluding carboxylic acids is 2. The second kappa shape index (κ2) is 5.88. The number of nitrogens with zero attached hydrogens (tertiary/aromatic N) is 2. The van der Waals surface area contributed by atoms with Gasteiger partial charge in [-0.1, -0.05) is 66.2 Å². The molecule has 2 bridgehead atoms. The Labute approximate surface area is 178 Å². The van der Waals surface area contributed by atoms with E-state index in [1.807, 2.05) is 43.3 Å². The van der Waals surface area contributed by atoms with Gasteiger partial charge >= 0.3 is 0 Å². The summed E-state index contributed by atoms with van der Waals surface area (Å²) in [5.41, 5.74) is 2.27. The minimum Gasteiger partial charge on any atom is -0.274 e. The molecular formula is C25H18N2O4. The van der Waals surface area contributed by atoms with Gasteiger partial charge in [-0.05, 0) is 30.2 Å². The van der Waals surface area contributed by atoms with E-state index in [2.05, 4.69) is 0 Å². The minimum absolute atomic E-state index is 0.346. The highest BCUT2D eigenvalue weighted by atomic mass is 16.6. The lowest BCUT2D eigenvalue weighted by atomic mass is 9.51. The summed E-state index contributed by atoms with van der Waals surface area (Å²) in [5.74, 6) is -3.12. The zero-order chi connectivity index (χ0) is 21.5. The van der Waals surface area contributed by atoms with Gasteiger partial charge < -0.3 is 0 Å². The van der Waals surface area contributed by atoms with Crippen LogP contribution in [0.1, 0.15) is 33.7 Å². The first-order chi connectivity index (χ1) is 15.0. The first kappa shape index (κ1) is 18.0. The van der Waals surface area contributed by atoms with E-state index in [0.717, 1.165) is 21.6 Å². The van der Waals surface area contributed by atoms with Crippen molar-refractivity contribution < 1.29 is 14.5 Å². The molecule has 152 valence electrons. The van der Waals surface area contributed by atoms with Crippen LogP contribution in [0.15, 0.2) is 72.8 Å². The molecule has 2 atom stereocenters. The van der Waals surface area contributed by atoms with Gasteiger partial charge in [0.15, 0.2) is 0 Å². The van der Waals surface area contributed by atoms with Gasteiger partial charge in [0.25, 0.3) is 5.54 Å². The quantitative estimate of drug-likeness (QED) is 0.366. The Balaban J connectivity index is 1.67. The normalized spacial score (nSPS) is 27.6. The number of hydrogen-bond donors (Lipinski definition) is 0. The summed E-state index contributed by atoms with van der Waals surface area (Å²) in [6, 6.07) is 21.5. The van der Waals surface area contributed by atoms with E-state index in [1.165, 1.54) is 0 Å². The van der Waals surface area contributed by atoms with E-state index < -0.39 is 23.3 Å². The Kier molecular flexibility index (Phi) is 3.41. The summed E-state index contributed by atoms with van der Waals surface area (Å²) >= 11 is 0. The molecule has 0 radical (unpaired) electrons. The number of imide groups is 1. The molecular weight excluding hydrogens is 392 g/mol. The molecule has 0 spiro atoms. The molecule has 3 aliphatic carbocycles. The third kappa shape index (κ3) is 1.97. The van der Waals surface area contributed by atoms with Gasteiger partial charge in [0.05, 0.1) is 11.6 Å². The van der Waals surface area contributed by atoms with Crippen LogP contribution in [0.25, 0.3) is 0 Å². The maximum Gasteiger partial charge on any atom is 0.285 e. The largest absolute Gasteiger partial charge is 0.285 e. The summed E-state index contributed by atoms with van der Waals surface area (Å²) in [5, 5.41) is 12.9. The van der Waals surface area contributed by atoms with Gasteiger partial charge in [-0.15, -0.1) is 0 Å². The van der Waals surface area contributed by atoms with Gasteiger partial charge in [-0.2, -0.15) is 0 Å². The molecule has 3 aromatic rings. The second-order valence-electron chi connectivity index (χ2n) is 8.53. The van der Waals surface area contributed by atoms with Crippen molar-refractivity contribution >= 4 is 17.5 Å². The highest BCUT2D eigenvalue weighted by Gasteiger charge is 2.74. The molecule has 0 saturated carbocycles. The van der Waals surface area contributed by atoms with E-state index in [1.54, 1.807) is 36.4 Å². The minimum atomic E-state index is -1.78. The fourth-order valence-electron chi connectivity index (χ4n) is 5.99. The maximum atomic E-state index is 13.8. The Bertz CT molecular complexity index is 1250. The monoisotopic (exact) mass is 410 g/mol. The molecule has 3 aromatic carbocycles. The molecule has 6 nitrogen and oxygen atoms in total. The van der Waals surface area contributed by atoms with Crippen molar-refractivity contribution in [2.45, 2.75) is 18.4 Å². The van der Waals surface area contributed by atoms with Gasteiger partial charge in [-0.3, -0.25) is 19.7 Å². The molecule has 1 fully saturated rings. The predicted octanol–water partition coefficient (Wildman–Crippen LogP) is 3.78. The lowest BCUT2D eigenvalue weighted by Crippen LogP contribution is -2.57. The Morgan fingerprint density at radius 2 is 1.39 bits per heavy atom. The van der Waals surface area contributed by atoms with Crippen LogP contribution in [0.4, 0.5) is 5.69 Å². The maximum absolute atomic E-state index is 13.8. The van der Waals surface area contributed by atoms with Crippen molar-refractivity contribution in [3.05, 3.63) is 111 Å². The lowest BCUT2D eigenvalue weighted by molar-refractivity contribution is -0.578. The summed E-state index contributed by atoms with van der Waals surface area (Å²) < 4.78 is 0. The molecule has 1 heterocycles. The number of aryl methyl sites for hydroxylation is 1. The molecule has 7 rings (SSSR count). The first-order valence-electron chi connectivity index (χ1n) is 10.3. The van der Waals surface area contributed by atoms with Crippen molar-refractivity contribution in [1.82, 2.24) is 0 Å². The molecule has 1 aliphatic heterocycles. The lowest BCUT2D eigenvalue weighted by Gasteiger charge is -2.48. The van der Waals surface area contributed by atoms with E-state index in [4.69, 9.17) is 0 Å². The van der Waals surface area contributed by atoms with Crippen LogP contribution in [0.3, 0.4) is 0 Å². The first-order valence-corrected chi connectivity index (χ1v) is 10.3. The SMILES string of the molecule is Cc1ccc(N2C(=O)[C@@H]3[C@@H](C2=O)C2c4ccccc4C3([N+](=O)[O-])c3ccccc32)cc1. The Hall–Kier alpha value is -3.80. The van der Waals surface area contributed by atoms with Gasteiger partial charge in [-0.25, -0.2) is 4.90 Å². The van der Waals surface area contributed by atoms with Crippen molar-refractivity contribution in [1.29, 1.82) is 0 Å². The Morgan fingerprint density at radius 3 is 1.94 bits per heavy atom. The van der Waals surface area contributed by atoms with E-state index >= 15 is 0 Å². The van der Waals surface area contributed by atoms with Crippen LogP contribution < -0.4 is 4.90 Å². The highest BCUT2D eigenvalue weighted by molar-refractivity contribution is 6.23. The summed E-state index contributed by atoms with van der Waals surface area (Å²) in [6.45, 7) is 1.92. The number of carbonyl (C=O) groups is 2. The van der Waals surface area contributed by atoms with E-state index in [-0.39, 0.29) is 16.7 Å². The average Bonchev–Trinajstić information content (AvgIpc) is 3.05. The van der Waals surface area contributed by atoms with Crippen molar-refractivity contribution in [2.75, 3.05) is 4.90 Å². The van der Waals surface area contributed by atoms with E-state index in [9.17, 15) is 19.7 Å². The molecule has 31 heavy (non-hydrogen) atoms. The number of hydrogen-bond acceptors (Lipinski definition) is 4. The van der Waals surface area contributed by atoms with Crippen molar-refractivity contribution in [3.63, 3.8) is 0 Å². The fraction of sp³-hybridized carbons (Fsp3) is 0.200. The van der Waals surface area contributed by atoms with Gasteiger partial charge in [0.2, 0.25) is 11.8 Å². The summed E-state index contributed by atoms with van der Waals surface area (Å²) in [7, 11) is 0. The highest BCUT2D eigenvalue weighted by Crippen LogP contribution is 2.64. The van der Waals surface area contributed by atoms with Gasteiger partial charge in [0, 0.05) is 22.0 Å². The zero-order valence-electron chi connectivity index (χ0n) is 16.7. The third-order valence-electron chi connectivity index (χ3n) is 7.15. The molecule has 4 aliphatic rings. The van der Waals surface area contributed by atoms with Crippen LogP contribution in [-0.4, -0.2) is 16.7 Å². The topological polar surface area (TPSA) is 80.5 Å². The van der Waals surface area contributed by atoms with Crippen LogP contribution in [0.2, 0.25) is 0 Å². The van der Waals surface area contributed by atoms with Crippen LogP contribution >= 0.6 is 0 Å². The average molecular weight is 410 g/mol. The second-order valence-corrected chi connectivity index (χ2v) is 8.53. The molecule has 0 N–H and O–H groups in total. The standard InChI is InChI=1S/C25H18N2O4/c1-14-10-12-15(13-11-14)26-23(28)21-20-16-6-2-4-8-18(16)25(27(30)31,22(21)24(26)29)19-9-5-3-7-17(19)20/h2-13,20-22H,1H3/t20?,21-,22-,25?/m0/s1. The smallest absolute Gasteiger partial charge is 0.274 e. The molecule has 0 aromatic heterocycles. The van der Waals surface area contributed by atoms with Crippen molar-refractivity contribution in [2.24, 2.45) is 11.8 Å². The van der Waals surface area contributed by atoms with Crippen LogP contribution in [-0.2, 0) is 15.1 Å². The van der Waals surface area contributed by atoms with Crippen LogP contribution in [0.5, 0.6) is 0 Å².